The molecule has 2 aromatic rings. The van der Waals surface area contributed by atoms with Gasteiger partial charge in [0.05, 0.1) is 18.3 Å². The quantitative estimate of drug-likeness (QED) is 0.192. The van der Waals surface area contributed by atoms with Gasteiger partial charge >= 0.3 is 5.97 Å². The second-order valence-electron chi connectivity index (χ2n) is 5.26. The molecule has 0 fully saturated rings. The van der Waals surface area contributed by atoms with Crippen molar-refractivity contribution >= 4 is 29.5 Å². The Hall–Kier alpha value is -2.13. The van der Waals surface area contributed by atoms with Gasteiger partial charge in [-0.2, -0.15) is 16.7 Å². The largest absolute Gasteiger partial charge is 0.502 e. The van der Waals surface area contributed by atoms with Crippen LogP contribution in [-0.2, 0) is 15.3 Å². The van der Waals surface area contributed by atoms with E-state index in [-0.39, 0.29) is 6.54 Å². The average molecular weight is 414 g/mol. The summed E-state index contributed by atoms with van der Waals surface area (Å²) < 4.78 is 15.3. The summed E-state index contributed by atoms with van der Waals surface area (Å²) in [5.74, 6) is 1.58. The molecule has 0 saturated carbocycles. The first-order valence-corrected chi connectivity index (χ1v) is 10.2. The predicted molar refractivity (Wildman–Crippen MR) is 108 cm³/mol. The Labute approximate surface area is 166 Å². The predicted octanol–water partition coefficient (Wildman–Crippen LogP) is 4.93. The zero-order valence-electron chi connectivity index (χ0n) is 15.3. The fourth-order valence-corrected chi connectivity index (χ4v) is 3.86. The van der Waals surface area contributed by atoms with E-state index >= 15 is 0 Å². The molecule has 2 rings (SSSR count). The van der Waals surface area contributed by atoms with E-state index in [1.165, 1.54) is 29.8 Å². The van der Waals surface area contributed by atoms with Crippen molar-refractivity contribution in [2.75, 3.05) is 18.1 Å². The number of hydrogen-bond acceptors (Lipinski definition) is 9. The number of rotatable bonds is 10. The molecule has 9 heteroatoms. The lowest BCUT2D eigenvalue weighted by atomic mass is 10.4. The lowest BCUT2D eigenvalue weighted by Gasteiger charge is -2.29. The van der Waals surface area contributed by atoms with Gasteiger partial charge in [-0.1, -0.05) is 12.1 Å². The van der Waals surface area contributed by atoms with Crippen LogP contribution in [0.25, 0.3) is 0 Å². The average Bonchev–Trinajstić information content (AvgIpc) is 3.32. The van der Waals surface area contributed by atoms with Crippen molar-refractivity contribution in [3.05, 3.63) is 65.6 Å². The molecule has 0 amide bonds. The van der Waals surface area contributed by atoms with Gasteiger partial charge in [0.2, 0.25) is 0 Å². The van der Waals surface area contributed by atoms with Crippen molar-refractivity contribution in [2.24, 2.45) is 5.18 Å². The molecular formula is C18H23NO6S2. The van der Waals surface area contributed by atoms with Crippen molar-refractivity contribution in [3.8, 4) is 0 Å². The Morgan fingerprint density at radius 1 is 1.33 bits per heavy atom. The number of thioether (sulfide) groups is 2. The number of aryl methyl sites for hydroxylation is 1. The summed E-state index contributed by atoms with van der Waals surface area (Å²) in [5, 5.41) is 12.0. The Bertz CT molecular complexity index is 687. The molecule has 0 radical (unpaired) electrons. The third kappa shape index (κ3) is 8.87. The van der Waals surface area contributed by atoms with Crippen LogP contribution in [0.2, 0.25) is 0 Å². The standard InChI is InChI=1S/C13H17NO5S2.C5H6O/c1-3-20-9-13(8-14-17,19-12(16)10(2)15)21-7-11-5-4-6-18-11;1-5-3-2-4-6-5/h4-6,15H,2-3,7-9H2,1H3;2-4H,1H3. The molecule has 27 heavy (non-hydrogen) atoms. The van der Waals surface area contributed by atoms with E-state index < -0.39 is 16.7 Å². The maximum Gasteiger partial charge on any atom is 0.374 e. The minimum atomic E-state index is -1.15. The molecule has 0 aliphatic rings. The normalized spacial score (nSPS) is 12.4. The number of furan rings is 2. The molecule has 7 nitrogen and oxygen atoms in total. The monoisotopic (exact) mass is 413 g/mol. The van der Waals surface area contributed by atoms with E-state index in [9.17, 15) is 9.70 Å². The molecule has 0 aliphatic carbocycles. The second kappa shape index (κ2) is 12.3. The third-order valence-corrected chi connectivity index (χ3v) is 5.64. The first-order chi connectivity index (χ1) is 12.9. The van der Waals surface area contributed by atoms with Crippen LogP contribution < -0.4 is 0 Å². The molecule has 0 bridgehead atoms. The number of aliphatic hydroxyl groups excluding tert-OH is 1. The first kappa shape index (κ1) is 22.9. The molecular weight excluding hydrogens is 390 g/mol. The second-order valence-corrected chi connectivity index (χ2v) is 7.86. The Kier molecular flexibility index (Phi) is 10.4. The number of hydrogen-bond donors (Lipinski definition) is 1. The summed E-state index contributed by atoms with van der Waals surface area (Å²) >= 11 is 2.74. The number of esters is 1. The van der Waals surface area contributed by atoms with E-state index in [0.717, 1.165) is 11.5 Å². The Morgan fingerprint density at radius 3 is 2.48 bits per heavy atom. The molecule has 1 N–H and O–H groups in total. The number of carbonyl (C=O) groups excluding carboxylic acids is 1. The van der Waals surface area contributed by atoms with Crippen LogP contribution in [0.1, 0.15) is 18.4 Å². The lowest BCUT2D eigenvalue weighted by molar-refractivity contribution is -0.147. The summed E-state index contributed by atoms with van der Waals surface area (Å²) in [5.41, 5.74) is 0. The third-order valence-electron chi connectivity index (χ3n) is 3.07. The Morgan fingerprint density at radius 2 is 2.04 bits per heavy atom. The minimum Gasteiger partial charge on any atom is -0.502 e. The molecule has 0 spiro atoms. The molecule has 0 saturated heterocycles. The van der Waals surface area contributed by atoms with Crippen LogP contribution in [-0.4, -0.2) is 34.1 Å². The van der Waals surface area contributed by atoms with Crippen LogP contribution in [0.5, 0.6) is 0 Å². The SMILES string of the molecule is C=C(O)C(=O)OC(CN=O)(CSCC)SCc1ccco1.Cc1ccco1. The van der Waals surface area contributed by atoms with Crippen molar-refractivity contribution in [2.45, 2.75) is 24.5 Å². The van der Waals surface area contributed by atoms with Gasteiger partial charge in [-0.25, -0.2) is 4.79 Å². The number of ether oxygens (including phenoxy) is 1. The minimum absolute atomic E-state index is 0.218. The van der Waals surface area contributed by atoms with Gasteiger partial charge in [0.25, 0.3) is 0 Å². The highest BCUT2D eigenvalue weighted by Gasteiger charge is 2.37. The van der Waals surface area contributed by atoms with Crippen molar-refractivity contribution in [3.63, 3.8) is 0 Å². The molecule has 1 atom stereocenters. The maximum atomic E-state index is 11.6. The Balaban J connectivity index is 0.000000511. The molecule has 0 aromatic carbocycles. The van der Waals surface area contributed by atoms with Crippen molar-refractivity contribution < 1.29 is 23.5 Å². The zero-order chi connectivity index (χ0) is 20.1. The van der Waals surface area contributed by atoms with Gasteiger partial charge < -0.3 is 18.7 Å². The summed E-state index contributed by atoms with van der Waals surface area (Å²) in [6.45, 7) is 6.78. The highest BCUT2D eigenvalue weighted by atomic mass is 32.2. The van der Waals surface area contributed by atoms with E-state index in [0.29, 0.717) is 17.3 Å². The van der Waals surface area contributed by atoms with Crippen LogP contribution in [0.15, 0.2) is 63.1 Å². The fraction of sp³-hybridized carbons (Fsp3) is 0.389. The summed E-state index contributed by atoms with van der Waals surface area (Å²) in [6.07, 6.45) is 3.20. The molecule has 0 aliphatic heterocycles. The molecule has 2 aromatic heterocycles. The van der Waals surface area contributed by atoms with E-state index in [1.807, 2.05) is 26.0 Å². The molecule has 2 heterocycles. The summed E-state index contributed by atoms with van der Waals surface area (Å²) in [7, 11) is 0. The highest BCUT2D eigenvalue weighted by molar-refractivity contribution is 8.03. The number of nitrogens with zero attached hydrogens (tertiary/aromatic N) is 1. The maximum absolute atomic E-state index is 11.6. The molecule has 1 unspecified atom stereocenters. The van der Waals surface area contributed by atoms with E-state index in [1.54, 1.807) is 18.4 Å². The number of carbonyl (C=O) groups is 1. The van der Waals surface area contributed by atoms with Gasteiger partial charge in [-0.3, -0.25) is 0 Å². The molecule has 148 valence electrons. The van der Waals surface area contributed by atoms with Crippen molar-refractivity contribution in [1.29, 1.82) is 0 Å². The highest BCUT2D eigenvalue weighted by Crippen LogP contribution is 2.34. The lowest BCUT2D eigenvalue weighted by Crippen LogP contribution is -2.38. The van der Waals surface area contributed by atoms with Crippen LogP contribution in [0.4, 0.5) is 0 Å². The summed E-state index contributed by atoms with van der Waals surface area (Å²) in [4.78, 5) is 21.2. The zero-order valence-corrected chi connectivity index (χ0v) is 16.9. The number of aliphatic hydroxyl groups is 1. The number of nitroso groups, excluding NO2 is 1. The topological polar surface area (TPSA) is 102 Å². The van der Waals surface area contributed by atoms with Gasteiger partial charge in [0.1, 0.15) is 18.1 Å². The van der Waals surface area contributed by atoms with Crippen LogP contribution in [0.3, 0.4) is 0 Å². The van der Waals surface area contributed by atoms with Gasteiger partial charge in [0, 0.05) is 5.75 Å². The van der Waals surface area contributed by atoms with Crippen LogP contribution in [0, 0.1) is 11.8 Å². The van der Waals surface area contributed by atoms with Gasteiger partial charge in [-0.15, -0.1) is 11.8 Å². The van der Waals surface area contributed by atoms with Gasteiger partial charge in [0.15, 0.2) is 10.7 Å². The van der Waals surface area contributed by atoms with E-state index in [4.69, 9.17) is 18.7 Å². The van der Waals surface area contributed by atoms with E-state index in [2.05, 4.69) is 11.8 Å². The summed E-state index contributed by atoms with van der Waals surface area (Å²) in [6, 6.07) is 7.32. The van der Waals surface area contributed by atoms with Crippen molar-refractivity contribution in [1.82, 2.24) is 0 Å². The smallest absolute Gasteiger partial charge is 0.374 e. The first-order valence-electron chi connectivity index (χ1n) is 8.07. The van der Waals surface area contributed by atoms with Gasteiger partial charge in [-0.05, 0) is 43.5 Å². The van der Waals surface area contributed by atoms with Crippen LogP contribution >= 0.6 is 23.5 Å². The fourth-order valence-electron chi connectivity index (χ4n) is 1.77.